The third-order valence-electron chi connectivity index (χ3n) is 4.17. The van der Waals surface area contributed by atoms with E-state index in [2.05, 4.69) is 25.3 Å². The minimum Gasteiger partial charge on any atom is -0.354 e. The van der Waals surface area contributed by atoms with Crippen LogP contribution in [0, 0.1) is 6.92 Å². The third kappa shape index (κ3) is 3.97. The first-order chi connectivity index (χ1) is 13.8. The number of hydrogen-bond donors (Lipinski definition) is 1. The highest BCUT2D eigenvalue weighted by molar-refractivity contribution is 6.32. The maximum absolute atomic E-state index is 12.7. The molecule has 0 amide bonds. The zero-order valence-electron chi connectivity index (χ0n) is 15.0. The van der Waals surface area contributed by atoms with E-state index in [1.807, 2.05) is 6.92 Å². The molecule has 0 unspecified atom stereocenters. The van der Waals surface area contributed by atoms with Gasteiger partial charge in [0.25, 0.3) is 0 Å². The topological polar surface area (TPSA) is 63.6 Å². The summed E-state index contributed by atoms with van der Waals surface area (Å²) in [5, 5.41) is 3.50. The molecule has 29 heavy (non-hydrogen) atoms. The first kappa shape index (κ1) is 19.1. The molecule has 3 heterocycles. The zero-order valence-corrected chi connectivity index (χ0v) is 15.8. The van der Waals surface area contributed by atoms with Gasteiger partial charge in [0, 0.05) is 17.6 Å². The number of pyridine rings is 2. The van der Waals surface area contributed by atoms with Crippen LogP contribution in [0.2, 0.25) is 5.02 Å². The van der Waals surface area contributed by atoms with Crippen molar-refractivity contribution >= 4 is 34.1 Å². The molecule has 146 valence electrons. The fraction of sp³-hybridized carbons (Fsp3) is 0.100. The van der Waals surface area contributed by atoms with Crippen molar-refractivity contribution in [3.63, 3.8) is 0 Å². The molecule has 0 fully saturated rings. The summed E-state index contributed by atoms with van der Waals surface area (Å²) in [6, 6.07) is 9.94. The van der Waals surface area contributed by atoms with E-state index in [1.54, 1.807) is 24.4 Å². The highest BCUT2D eigenvalue weighted by atomic mass is 35.5. The van der Waals surface area contributed by atoms with Gasteiger partial charge in [0.15, 0.2) is 5.65 Å². The standard InChI is InChI=1S/C20H13ClF3N5/c1-11-2-7-14(21)17(27-11)16-10-26-18-15(8-9-25-19(18)29-16)28-13-5-3-12(4-6-13)20(22,23)24/h2-10H,1H3,(H,25,28,29). The van der Waals surface area contributed by atoms with Gasteiger partial charge in [-0.05, 0) is 49.4 Å². The fourth-order valence-electron chi connectivity index (χ4n) is 2.75. The largest absolute Gasteiger partial charge is 0.416 e. The molecule has 0 aliphatic rings. The van der Waals surface area contributed by atoms with E-state index in [-0.39, 0.29) is 0 Å². The molecule has 5 nitrogen and oxygen atoms in total. The van der Waals surface area contributed by atoms with Gasteiger partial charge in [-0.25, -0.2) is 19.9 Å². The van der Waals surface area contributed by atoms with Crippen molar-refractivity contribution < 1.29 is 13.2 Å². The number of anilines is 2. The van der Waals surface area contributed by atoms with Gasteiger partial charge in [0.1, 0.15) is 16.9 Å². The van der Waals surface area contributed by atoms with Gasteiger partial charge in [-0.2, -0.15) is 13.2 Å². The lowest BCUT2D eigenvalue weighted by Crippen LogP contribution is -2.04. The monoisotopic (exact) mass is 415 g/mol. The second-order valence-electron chi connectivity index (χ2n) is 6.27. The van der Waals surface area contributed by atoms with E-state index in [4.69, 9.17) is 11.6 Å². The number of aryl methyl sites for hydroxylation is 1. The first-order valence-corrected chi connectivity index (χ1v) is 8.88. The van der Waals surface area contributed by atoms with E-state index in [0.717, 1.165) is 17.8 Å². The van der Waals surface area contributed by atoms with Gasteiger partial charge in [-0.3, -0.25) is 0 Å². The normalized spacial score (nSPS) is 11.6. The molecule has 4 aromatic rings. The van der Waals surface area contributed by atoms with Gasteiger partial charge in [-0.1, -0.05) is 11.6 Å². The summed E-state index contributed by atoms with van der Waals surface area (Å²) in [5.41, 5.74) is 2.94. The smallest absolute Gasteiger partial charge is 0.354 e. The summed E-state index contributed by atoms with van der Waals surface area (Å²) in [5.74, 6) is 0. The SMILES string of the molecule is Cc1ccc(Cl)c(-c2cnc3c(Nc4ccc(C(F)(F)F)cc4)ccnc3n2)n1. The molecule has 1 N–H and O–H groups in total. The Morgan fingerprint density at radius 2 is 1.69 bits per heavy atom. The molecule has 9 heteroatoms. The van der Waals surface area contributed by atoms with Crippen molar-refractivity contribution in [1.29, 1.82) is 0 Å². The van der Waals surface area contributed by atoms with Crippen molar-refractivity contribution in [2.75, 3.05) is 5.32 Å². The van der Waals surface area contributed by atoms with E-state index in [0.29, 0.717) is 38.9 Å². The quantitative estimate of drug-likeness (QED) is 0.457. The Morgan fingerprint density at radius 3 is 2.41 bits per heavy atom. The van der Waals surface area contributed by atoms with E-state index in [9.17, 15) is 13.2 Å². The summed E-state index contributed by atoms with van der Waals surface area (Å²) in [7, 11) is 0. The second-order valence-corrected chi connectivity index (χ2v) is 6.68. The lowest BCUT2D eigenvalue weighted by Gasteiger charge is -2.11. The summed E-state index contributed by atoms with van der Waals surface area (Å²) in [6.45, 7) is 1.85. The molecule has 0 radical (unpaired) electrons. The van der Waals surface area contributed by atoms with Crippen LogP contribution in [-0.2, 0) is 6.18 Å². The van der Waals surface area contributed by atoms with E-state index >= 15 is 0 Å². The number of rotatable bonds is 3. The molecule has 1 aromatic carbocycles. The summed E-state index contributed by atoms with van der Waals surface area (Å²) < 4.78 is 38.2. The van der Waals surface area contributed by atoms with Crippen LogP contribution in [0.25, 0.3) is 22.6 Å². The number of alkyl halides is 3. The van der Waals surface area contributed by atoms with Crippen molar-refractivity contribution in [3.05, 3.63) is 71.1 Å². The predicted molar refractivity (Wildman–Crippen MR) is 105 cm³/mol. The third-order valence-corrected chi connectivity index (χ3v) is 4.47. The zero-order chi connectivity index (χ0) is 20.6. The van der Waals surface area contributed by atoms with Gasteiger partial charge in [0.2, 0.25) is 0 Å². The number of aromatic nitrogens is 4. The summed E-state index contributed by atoms with van der Waals surface area (Å²) in [4.78, 5) is 17.5. The van der Waals surface area contributed by atoms with Gasteiger partial charge in [-0.15, -0.1) is 0 Å². The highest BCUT2D eigenvalue weighted by Crippen LogP contribution is 2.31. The molecular formula is C20H13ClF3N5. The van der Waals surface area contributed by atoms with Crippen LogP contribution in [0.1, 0.15) is 11.3 Å². The molecule has 0 saturated carbocycles. The molecule has 0 atom stereocenters. The van der Waals surface area contributed by atoms with E-state index < -0.39 is 11.7 Å². The van der Waals surface area contributed by atoms with Crippen LogP contribution in [0.4, 0.5) is 24.5 Å². The number of benzene rings is 1. The molecule has 0 aliphatic carbocycles. The molecule has 0 bridgehead atoms. The van der Waals surface area contributed by atoms with Crippen molar-refractivity contribution in [2.45, 2.75) is 13.1 Å². The maximum Gasteiger partial charge on any atom is 0.416 e. The van der Waals surface area contributed by atoms with E-state index in [1.165, 1.54) is 18.3 Å². The number of hydrogen-bond acceptors (Lipinski definition) is 5. The van der Waals surface area contributed by atoms with Crippen LogP contribution in [-0.4, -0.2) is 19.9 Å². The Hall–Kier alpha value is -3.26. The Kier molecular flexibility index (Phi) is 4.79. The van der Waals surface area contributed by atoms with Crippen LogP contribution in [0.5, 0.6) is 0 Å². The average Bonchev–Trinajstić information content (AvgIpc) is 2.69. The van der Waals surface area contributed by atoms with Crippen molar-refractivity contribution in [3.8, 4) is 11.4 Å². The van der Waals surface area contributed by atoms with Crippen LogP contribution in [0.3, 0.4) is 0 Å². The molecule has 0 spiro atoms. The van der Waals surface area contributed by atoms with Crippen LogP contribution >= 0.6 is 11.6 Å². The maximum atomic E-state index is 12.7. The highest BCUT2D eigenvalue weighted by Gasteiger charge is 2.29. The Balaban J connectivity index is 1.69. The van der Waals surface area contributed by atoms with Gasteiger partial charge < -0.3 is 5.32 Å². The molecule has 4 rings (SSSR count). The lowest BCUT2D eigenvalue weighted by molar-refractivity contribution is -0.137. The molecular weight excluding hydrogens is 403 g/mol. The lowest BCUT2D eigenvalue weighted by atomic mass is 10.2. The average molecular weight is 416 g/mol. The van der Waals surface area contributed by atoms with Gasteiger partial charge >= 0.3 is 6.18 Å². The second kappa shape index (κ2) is 7.29. The Labute approximate surface area is 168 Å². The van der Waals surface area contributed by atoms with Gasteiger partial charge in [0.05, 0.1) is 22.5 Å². The number of fused-ring (bicyclic) bond motifs is 1. The minimum absolute atomic E-state index is 0.360. The van der Waals surface area contributed by atoms with Crippen LogP contribution in [0.15, 0.2) is 54.9 Å². The minimum atomic E-state index is -4.38. The first-order valence-electron chi connectivity index (χ1n) is 8.51. The Bertz CT molecular complexity index is 1190. The summed E-state index contributed by atoms with van der Waals surface area (Å²) >= 11 is 6.22. The molecule has 0 saturated heterocycles. The Morgan fingerprint density at radius 1 is 0.931 bits per heavy atom. The van der Waals surface area contributed by atoms with Crippen LogP contribution < -0.4 is 5.32 Å². The molecule has 3 aromatic heterocycles. The molecule has 0 aliphatic heterocycles. The van der Waals surface area contributed by atoms with Crippen molar-refractivity contribution in [2.24, 2.45) is 0 Å². The predicted octanol–water partition coefficient (Wildman–Crippen LogP) is 5.81. The number of nitrogens with zero attached hydrogens (tertiary/aromatic N) is 4. The number of halogens is 4. The fourth-order valence-corrected chi connectivity index (χ4v) is 2.96. The summed E-state index contributed by atoms with van der Waals surface area (Å²) in [6.07, 6.45) is -1.30. The van der Waals surface area contributed by atoms with Crippen molar-refractivity contribution in [1.82, 2.24) is 19.9 Å². The number of nitrogens with one attached hydrogen (secondary N) is 1.